The van der Waals surface area contributed by atoms with Crippen molar-refractivity contribution >= 4 is 34.6 Å². The van der Waals surface area contributed by atoms with Crippen molar-refractivity contribution in [3.05, 3.63) is 42.1 Å². The Kier molecular flexibility index (Phi) is 18.5. The van der Waals surface area contributed by atoms with Crippen LogP contribution in [0.1, 0.15) is 140 Å². The Balaban J connectivity index is 2.10. The fraction of sp³-hybridized carbons (Fsp3) is 0.639. The fourth-order valence-corrected chi connectivity index (χ4v) is 5.79. The number of carbonyl (C=O) groups is 4. The van der Waals surface area contributed by atoms with E-state index in [1.807, 2.05) is 37.3 Å². The molecule has 1 aromatic heterocycles. The van der Waals surface area contributed by atoms with Crippen molar-refractivity contribution < 1.29 is 24.3 Å². The number of nitrogens with two attached hydrogens (primary N) is 1. The molecule has 9 nitrogen and oxygen atoms in total. The second-order valence-electron chi connectivity index (χ2n) is 12.2. The van der Waals surface area contributed by atoms with Gasteiger partial charge in [0.15, 0.2) is 0 Å². The third-order valence-corrected chi connectivity index (χ3v) is 8.37. The van der Waals surface area contributed by atoms with E-state index in [9.17, 15) is 24.3 Å². The van der Waals surface area contributed by atoms with Gasteiger partial charge in [0.2, 0.25) is 11.8 Å². The average Bonchev–Trinajstić information content (AvgIpc) is 3.02. The molecule has 1 heterocycles. The molecule has 0 aliphatic heterocycles. The van der Waals surface area contributed by atoms with Crippen LogP contribution in [-0.2, 0) is 14.4 Å². The van der Waals surface area contributed by atoms with E-state index < -0.39 is 23.8 Å². The highest BCUT2D eigenvalue weighted by Gasteiger charge is 2.31. The van der Waals surface area contributed by atoms with Crippen molar-refractivity contribution in [2.45, 2.75) is 142 Å². The SMILES string of the molecule is CCCCCCCCCCCCC[C@@H](CC(N)=O)N(CCCC)C(=O)[C@H](CCCC(=O)O)NC(=O)c1ccc2ccccc2n1. The lowest BCUT2D eigenvalue weighted by atomic mass is 9.99. The van der Waals surface area contributed by atoms with Crippen LogP contribution in [0.5, 0.6) is 0 Å². The maximum absolute atomic E-state index is 14.1. The number of hydrogen-bond acceptors (Lipinski definition) is 5. The highest BCUT2D eigenvalue weighted by molar-refractivity contribution is 5.98. The first-order chi connectivity index (χ1) is 21.8. The number of nitrogens with one attached hydrogen (secondary N) is 1. The van der Waals surface area contributed by atoms with E-state index in [2.05, 4.69) is 17.2 Å². The second kappa shape index (κ2) is 22.1. The average molecular weight is 625 g/mol. The molecule has 0 aliphatic carbocycles. The zero-order valence-corrected chi connectivity index (χ0v) is 27.6. The van der Waals surface area contributed by atoms with Gasteiger partial charge in [0.05, 0.1) is 5.52 Å². The lowest BCUT2D eigenvalue weighted by molar-refractivity contribution is -0.139. The van der Waals surface area contributed by atoms with Crippen LogP contribution in [0.3, 0.4) is 0 Å². The molecular weight excluding hydrogens is 568 g/mol. The Morgan fingerprint density at radius 1 is 0.800 bits per heavy atom. The Bertz CT molecular complexity index is 1190. The number of fused-ring (bicyclic) bond motifs is 1. The molecule has 0 saturated carbocycles. The molecule has 2 rings (SSSR count). The summed E-state index contributed by atoms with van der Waals surface area (Å²) < 4.78 is 0. The minimum atomic E-state index is -0.963. The molecule has 250 valence electrons. The fourth-order valence-electron chi connectivity index (χ4n) is 5.79. The standard InChI is InChI=1S/C36H56N4O5/c1-3-5-7-8-9-10-11-12-13-14-15-20-29(27-33(37)41)40(26-6-4-2)36(45)32(22-18-23-34(42)43)39-35(44)31-25-24-28-19-16-17-21-30(28)38-31/h16-17,19,21,24-25,29,32H,3-15,18,20,22-23,26-27H2,1-2H3,(H2,37,41)(H,39,44)(H,42,43)/t29-,32-/m0/s1. The number of carbonyl (C=O) groups excluding carboxylic acids is 3. The molecule has 0 saturated heterocycles. The molecule has 9 heteroatoms. The number of primary amides is 1. The number of pyridine rings is 1. The van der Waals surface area contributed by atoms with Crippen molar-refractivity contribution in [1.82, 2.24) is 15.2 Å². The molecule has 45 heavy (non-hydrogen) atoms. The first kappa shape index (κ1) is 37.7. The zero-order chi connectivity index (χ0) is 32.9. The van der Waals surface area contributed by atoms with E-state index in [1.165, 1.54) is 51.4 Å². The summed E-state index contributed by atoms with van der Waals surface area (Å²) in [4.78, 5) is 57.0. The number of unbranched alkanes of at least 4 members (excludes halogenated alkanes) is 11. The predicted molar refractivity (Wildman–Crippen MR) is 180 cm³/mol. The highest BCUT2D eigenvalue weighted by Crippen LogP contribution is 2.20. The van der Waals surface area contributed by atoms with Crippen molar-refractivity contribution in [2.24, 2.45) is 5.73 Å². The van der Waals surface area contributed by atoms with Crippen LogP contribution in [0.2, 0.25) is 0 Å². The number of hydrogen-bond donors (Lipinski definition) is 3. The summed E-state index contributed by atoms with van der Waals surface area (Å²) in [6.07, 6.45) is 15.8. The second-order valence-corrected chi connectivity index (χ2v) is 12.2. The maximum atomic E-state index is 14.1. The monoisotopic (exact) mass is 624 g/mol. The van der Waals surface area contributed by atoms with Crippen LogP contribution >= 0.6 is 0 Å². The number of amides is 3. The molecule has 0 spiro atoms. The maximum Gasteiger partial charge on any atom is 0.303 e. The third-order valence-electron chi connectivity index (χ3n) is 8.37. The molecule has 0 aliphatic rings. The van der Waals surface area contributed by atoms with Gasteiger partial charge in [-0.3, -0.25) is 19.2 Å². The van der Waals surface area contributed by atoms with Crippen molar-refractivity contribution in [3.63, 3.8) is 0 Å². The lowest BCUT2D eigenvalue weighted by Crippen LogP contribution is -2.53. The number of para-hydroxylation sites is 1. The molecule has 2 aromatic rings. The minimum Gasteiger partial charge on any atom is -0.481 e. The van der Waals surface area contributed by atoms with Gasteiger partial charge in [-0.15, -0.1) is 0 Å². The van der Waals surface area contributed by atoms with E-state index in [0.717, 1.165) is 37.5 Å². The van der Waals surface area contributed by atoms with E-state index in [-0.39, 0.29) is 43.3 Å². The summed E-state index contributed by atoms with van der Waals surface area (Å²) >= 11 is 0. The van der Waals surface area contributed by atoms with Crippen molar-refractivity contribution in [3.8, 4) is 0 Å². The molecule has 0 radical (unpaired) electrons. The minimum absolute atomic E-state index is 0.0508. The van der Waals surface area contributed by atoms with Gasteiger partial charge in [-0.1, -0.05) is 115 Å². The molecule has 2 atom stereocenters. The summed E-state index contributed by atoms with van der Waals surface area (Å²) in [6, 6.07) is 9.56. The van der Waals surface area contributed by atoms with Crippen LogP contribution in [0.25, 0.3) is 10.9 Å². The normalized spacial score (nSPS) is 12.5. The van der Waals surface area contributed by atoms with Crippen LogP contribution in [-0.4, -0.2) is 57.3 Å². The predicted octanol–water partition coefficient (Wildman–Crippen LogP) is 7.16. The van der Waals surface area contributed by atoms with Crippen LogP contribution in [0, 0.1) is 0 Å². The van der Waals surface area contributed by atoms with Crippen molar-refractivity contribution in [2.75, 3.05) is 6.54 Å². The van der Waals surface area contributed by atoms with E-state index in [1.54, 1.807) is 11.0 Å². The number of benzene rings is 1. The Hall–Kier alpha value is -3.49. The number of nitrogens with zero attached hydrogens (tertiary/aromatic N) is 2. The molecule has 4 N–H and O–H groups in total. The Morgan fingerprint density at radius 3 is 2.04 bits per heavy atom. The van der Waals surface area contributed by atoms with Crippen molar-refractivity contribution in [1.29, 1.82) is 0 Å². The molecule has 0 fully saturated rings. The zero-order valence-electron chi connectivity index (χ0n) is 27.6. The summed E-state index contributed by atoms with van der Waals surface area (Å²) in [5.41, 5.74) is 6.50. The molecule has 0 unspecified atom stereocenters. The van der Waals surface area contributed by atoms with Crippen LogP contribution < -0.4 is 11.1 Å². The topological polar surface area (TPSA) is 143 Å². The number of carboxylic acid groups (broad SMARTS) is 1. The van der Waals surface area contributed by atoms with Crippen LogP contribution in [0.4, 0.5) is 0 Å². The van der Waals surface area contributed by atoms with Gasteiger partial charge in [0.25, 0.3) is 5.91 Å². The molecular formula is C36H56N4O5. The van der Waals surface area contributed by atoms with Gasteiger partial charge < -0.3 is 21.1 Å². The number of aromatic nitrogens is 1. The first-order valence-corrected chi connectivity index (χ1v) is 17.2. The summed E-state index contributed by atoms with van der Waals surface area (Å²) in [7, 11) is 0. The molecule has 1 aromatic carbocycles. The summed E-state index contributed by atoms with van der Waals surface area (Å²) in [6.45, 7) is 4.70. The largest absolute Gasteiger partial charge is 0.481 e. The van der Waals surface area contributed by atoms with Gasteiger partial charge in [-0.25, -0.2) is 4.98 Å². The van der Waals surface area contributed by atoms with E-state index in [4.69, 9.17) is 5.73 Å². The highest BCUT2D eigenvalue weighted by atomic mass is 16.4. The number of carboxylic acids is 1. The van der Waals surface area contributed by atoms with E-state index >= 15 is 0 Å². The van der Waals surface area contributed by atoms with Crippen LogP contribution in [0.15, 0.2) is 36.4 Å². The van der Waals surface area contributed by atoms with Gasteiger partial charge in [-0.05, 0) is 37.8 Å². The summed E-state index contributed by atoms with van der Waals surface area (Å²) in [5, 5.41) is 13.0. The number of aliphatic carboxylic acids is 1. The smallest absolute Gasteiger partial charge is 0.303 e. The van der Waals surface area contributed by atoms with Gasteiger partial charge in [0.1, 0.15) is 11.7 Å². The third kappa shape index (κ3) is 14.9. The van der Waals surface area contributed by atoms with Gasteiger partial charge in [0, 0.05) is 30.8 Å². The Labute approximate surface area is 269 Å². The summed E-state index contributed by atoms with van der Waals surface area (Å²) in [5.74, 6) is -2.24. The van der Waals surface area contributed by atoms with Gasteiger partial charge >= 0.3 is 5.97 Å². The van der Waals surface area contributed by atoms with E-state index in [0.29, 0.717) is 18.5 Å². The first-order valence-electron chi connectivity index (χ1n) is 17.2. The quantitative estimate of drug-likeness (QED) is 0.100. The molecule has 3 amide bonds. The lowest BCUT2D eigenvalue weighted by Gasteiger charge is -2.34. The molecule has 0 bridgehead atoms. The van der Waals surface area contributed by atoms with Gasteiger partial charge in [-0.2, -0.15) is 0 Å². The number of rotatable bonds is 25. The Morgan fingerprint density at radius 2 is 1.42 bits per heavy atom.